The second-order valence-corrected chi connectivity index (χ2v) is 7.75. The molecule has 3 aromatic heterocycles. The van der Waals surface area contributed by atoms with Crippen LogP contribution in [0.25, 0.3) is 21.9 Å². The highest BCUT2D eigenvalue weighted by atomic mass is 32.1. The first kappa shape index (κ1) is 16.0. The van der Waals surface area contributed by atoms with E-state index in [-0.39, 0.29) is 17.4 Å². The van der Waals surface area contributed by atoms with Gasteiger partial charge in [0.15, 0.2) is 17.2 Å². The van der Waals surface area contributed by atoms with Gasteiger partial charge in [0.2, 0.25) is 0 Å². The second kappa shape index (κ2) is 6.11. The minimum absolute atomic E-state index is 0.0673. The Kier molecular flexibility index (Phi) is 3.91. The predicted molar refractivity (Wildman–Crippen MR) is 96.8 cm³/mol. The SMILES string of the molecule is Cc1ccc(-c2nc(C(N)=O)c3[nH]c(=O)n(C4CCCCC4)c3n2)s1. The lowest BCUT2D eigenvalue weighted by atomic mass is 9.95. The zero-order valence-corrected chi connectivity index (χ0v) is 14.7. The Bertz CT molecular complexity index is 1010. The number of nitrogens with zero attached hydrogens (tertiary/aromatic N) is 3. The highest BCUT2D eigenvalue weighted by Crippen LogP contribution is 2.31. The van der Waals surface area contributed by atoms with E-state index in [9.17, 15) is 9.59 Å². The number of rotatable bonds is 3. The molecule has 0 unspecified atom stereocenters. The number of fused-ring (bicyclic) bond motifs is 1. The normalized spacial score (nSPS) is 15.7. The third-order valence-corrected chi connectivity index (χ3v) is 5.70. The molecule has 1 amide bonds. The van der Waals surface area contributed by atoms with Gasteiger partial charge in [-0.15, -0.1) is 11.3 Å². The van der Waals surface area contributed by atoms with E-state index in [1.165, 1.54) is 6.42 Å². The average molecular weight is 357 g/mol. The summed E-state index contributed by atoms with van der Waals surface area (Å²) in [6.45, 7) is 2.00. The minimum Gasteiger partial charge on any atom is -0.364 e. The number of thiophene rings is 1. The third-order valence-electron chi connectivity index (χ3n) is 4.70. The van der Waals surface area contributed by atoms with Crippen LogP contribution >= 0.6 is 11.3 Å². The van der Waals surface area contributed by atoms with Crippen molar-refractivity contribution in [2.75, 3.05) is 0 Å². The molecule has 3 aromatic rings. The van der Waals surface area contributed by atoms with Crippen molar-refractivity contribution in [3.63, 3.8) is 0 Å². The maximum absolute atomic E-state index is 12.6. The van der Waals surface area contributed by atoms with Gasteiger partial charge in [-0.05, 0) is 31.9 Å². The number of hydrogen-bond donors (Lipinski definition) is 2. The summed E-state index contributed by atoms with van der Waals surface area (Å²) < 4.78 is 1.69. The average Bonchev–Trinajstić information content (AvgIpc) is 3.17. The first-order chi connectivity index (χ1) is 12.0. The molecule has 0 saturated heterocycles. The van der Waals surface area contributed by atoms with Gasteiger partial charge in [0.05, 0.1) is 4.88 Å². The van der Waals surface area contributed by atoms with Gasteiger partial charge in [-0.1, -0.05) is 19.3 Å². The number of nitrogens with one attached hydrogen (secondary N) is 1. The Labute approximate surface area is 147 Å². The smallest absolute Gasteiger partial charge is 0.327 e. The molecule has 0 bridgehead atoms. The van der Waals surface area contributed by atoms with Gasteiger partial charge < -0.3 is 10.7 Å². The summed E-state index contributed by atoms with van der Waals surface area (Å²) in [4.78, 5) is 38.1. The summed E-state index contributed by atoms with van der Waals surface area (Å²) in [6, 6.07) is 3.99. The third kappa shape index (κ3) is 2.76. The van der Waals surface area contributed by atoms with Crippen LogP contribution in [0, 0.1) is 6.92 Å². The lowest BCUT2D eigenvalue weighted by Crippen LogP contribution is -2.24. The summed E-state index contributed by atoms with van der Waals surface area (Å²) in [7, 11) is 0. The van der Waals surface area contributed by atoms with Gasteiger partial charge in [-0.25, -0.2) is 14.8 Å². The fourth-order valence-electron chi connectivity index (χ4n) is 3.52. The predicted octanol–water partition coefficient (Wildman–Crippen LogP) is 2.76. The van der Waals surface area contributed by atoms with Crippen LogP contribution in [0.4, 0.5) is 0 Å². The molecule has 7 nitrogen and oxygen atoms in total. The molecular weight excluding hydrogens is 338 g/mol. The van der Waals surface area contributed by atoms with Crippen LogP contribution in [-0.2, 0) is 0 Å². The topological polar surface area (TPSA) is 107 Å². The quantitative estimate of drug-likeness (QED) is 0.751. The first-order valence-corrected chi connectivity index (χ1v) is 9.25. The van der Waals surface area contributed by atoms with Crippen molar-refractivity contribution in [2.45, 2.75) is 45.1 Å². The number of carbonyl (C=O) groups excluding carboxylic acids is 1. The Morgan fingerprint density at radius 3 is 2.68 bits per heavy atom. The number of H-pyrrole nitrogens is 1. The molecule has 130 valence electrons. The Morgan fingerprint density at radius 2 is 2.04 bits per heavy atom. The van der Waals surface area contributed by atoms with Crippen LogP contribution < -0.4 is 11.4 Å². The lowest BCUT2D eigenvalue weighted by Gasteiger charge is -2.22. The largest absolute Gasteiger partial charge is 0.364 e. The Morgan fingerprint density at radius 1 is 1.28 bits per heavy atom. The minimum atomic E-state index is -0.668. The van der Waals surface area contributed by atoms with E-state index in [1.54, 1.807) is 15.9 Å². The van der Waals surface area contributed by atoms with E-state index in [0.29, 0.717) is 17.0 Å². The van der Waals surface area contributed by atoms with E-state index >= 15 is 0 Å². The first-order valence-electron chi connectivity index (χ1n) is 8.43. The maximum atomic E-state index is 12.6. The molecule has 1 aliphatic carbocycles. The zero-order valence-electron chi connectivity index (χ0n) is 13.9. The van der Waals surface area contributed by atoms with E-state index in [4.69, 9.17) is 5.73 Å². The molecule has 3 heterocycles. The van der Waals surface area contributed by atoms with E-state index in [1.807, 2.05) is 19.1 Å². The van der Waals surface area contributed by atoms with Gasteiger partial charge in [-0.3, -0.25) is 9.36 Å². The van der Waals surface area contributed by atoms with Crippen LogP contribution in [0.1, 0.15) is 53.5 Å². The van der Waals surface area contributed by atoms with Gasteiger partial charge in [0.1, 0.15) is 5.52 Å². The standard InChI is InChI=1S/C17H19N5O2S/c1-9-7-8-11(25-9)15-19-12(14(18)23)13-16(21-15)22(17(24)20-13)10-5-3-2-4-6-10/h7-8,10H,2-6H2,1H3,(H2,18,23)(H,20,24). The number of hydrogen-bond acceptors (Lipinski definition) is 5. The number of aromatic amines is 1. The molecular formula is C17H19N5O2S. The molecule has 1 aliphatic rings. The summed E-state index contributed by atoms with van der Waals surface area (Å²) >= 11 is 1.54. The van der Waals surface area contributed by atoms with Crippen LogP contribution in [0.5, 0.6) is 0 Å². The molecule has 0 aromatic carbocycles. The summed E-state index contributed by atoms with van der Waals surface area (Å²) in [5.41, 5.74) is 6.14. The number of primary amides is 1. The van der Waals surface area contributed by atoms with Gasteiger partial charge in [0.25, 0.3) is 5.91 Å². The fourth-order valence-corrected chi connectivity index (χ4v) is 4.32. The van der Waals surface area contributed by atoms with Crippen molar-refractivity contribution < 1.29 is 4.79 Å². The fraction of sp³-hybridized carbons (Fsp3) is 0.412. The van der Waals surface area contributed by atoms with E-state index in [2.05, 4.69) is 15.0 Å². The maximum Gasteiger partial charge on any atom is 0.327 e. The van der Waals surface area contributed by atoms with Crippen molar-refractivity contribution in [3.8, 4) is 10.7 Å². The lowest BCUT2D eigenvalue weighted by molar-refractivity contribution is 0.0997. The molecule has 25 heavy (non-hydrogen) atoms. The Balaban J connectivity index is 1.97. The van der Waals surface area contributed by atoms with Crippen molar-refractivity contribution in [3.05, 3.63) is 33.2 Å². The molecule has 8 heteroatoms. The van der Waals surface area contributed by atoms with Crippen LogP contribution in [0.15, 0.2) is 16.9 Å². The van der Waals surface area contributed by atoms with Crippen LogP contribution in [-0.4, -0.2) is 25.4 Å². The number of aryl methyl sites for hydroxylation is 1. The Hall–Kier alpha value is -2.48. The second-order valence-electron chi connectivity index (χ2n) is 6.46. The molecule has 1 saturated carbocycles. The van der Waals surface area contributed by atoms with E-state index < -0.39 is 5.91 Å². The van der Waals surface area contributed by atoms with Crippen molar-refractivity contribution in [1.29, 1.82) is 0 Å². The van der Waals surface area contributed by atoms with Gasteiger partial charge in [-0.2, -0.15) is 0 Å². The number of carbonyl (C=O) groups is 1. The van der Waals surface area contributed by atoms with E-state index in [0.717, 1.165) is 35.4 Å². The van der Waals surface area contributed by atoms with Gasteiger partial charge >= 0.3 is 5.69 Å². The highest BCUT2D eigenvalue weighted by Gasteiger charge is 2.24. The van der Waals surface area contributed by atoms with Crippen LogP contribution in [0.3, 0.4) is 0 Å². The molecule has 0 spiro atoms. The van der Waals surface area contributed by atoms with Crippen LogP contribution in [0.2, 0.25) is 0 Å². The van der Waals surface area contributed by atoms with Gasteiger partial charge in [0, 0.05) is 10.9 Å². The number of imidazole rings is 1. The number of aromatic nitrogens is 4. The molecule has 0 atom stereocenters. The molecule has 3 N–H and O–H groups in total. The van der Waals surface area contributed by atoms with Crippen molar-refractivity contribution in [1.82, 2.24) is 19.5 Å². The molecule has 0 radical (unpaired) electrons. The number of amides is 1. The van der Waals surface area contributed by atoms with Crippen molar-refractivity contribution >= 4 is 28.4 Å². The summed E-state index contributed by atoms with van der Waals surface area (Å²) in [6.07, 6.45) is 5.25. The molecule has 1 fully saturated rings. The monoisotopic (exact) mass is 357 g/mol. The summed E-state index contributed by atoms with van der Waals surface area (Å²) in [5, 5.41) is 0. The molecule has 4 rings (SSSR count). The highest BCUT2D eigenvalue weighted by molar-refractivity contribution is 7.15. The summed E-state index contributed by atoms with van der Waals surface area (Å²) in [5.74, 6) is -0.234. The number of nitrogens with two attached hydrogens (primary N) is 1. The molecule has 0 aliphatic heterocycles. The zero-order chi connectivity index (χ0) is 17.6. The van der Waals surface area contributed by atoms with Crippen molar-refractivity contribution in [2.24, 2.45) is 5.73 Å².